The van der Waals surface area contributed by atoms with Gasteiger partial charge in [-0.3, -0.25) is 9.78 Å². The minimum Gasteiger partial charge on any atom is -0.383 e. The lowest BCUT2D eigenvalue weighted by Gasteiger charge is -2.29. The van der Waals surface area contributed by atoms with Gasteiger partial charge in [-0.25, -0.2) is 0 Å². The number of nitrogens with zero attached hydrogens (tertiary/aromatic N) is 1. The number of benzene rings is 1. The quantitative estimate of drug-likeness (QED) is 0.847. The van der Waals surface area contributed by atoms with Gasteiger partial charge in [0.2, 0.25) is 0 Å². The Balaban J connectivity index is 0.00000144. The van der Waals surface area contributed by atoms with E-state index in [1.54, 1.807) is 13.3 Å². The molecule has 0 bridgehead atoms. The highest BCUT2D eigenvalue weighted by Gasteiger charge is 2.33. The maximum absolute atomic E-state index is 12.4. The highest BCUT2D eigenvalue weighted by molar-refractivity contribution is 5.97. The number of hydrogen-bond acceptors (Lipinski definition) is 4. The highest BCUT2D eigenvalue weighted by Crippen LogP contribution is 2.19. The molecular weight excluding hydrogens is 349 g/mol. The van der Waals surface area contributed by atoms with Crippen molar-refractivity contribution in [3.63, 3.8) is 0 Å². The summed E-state index contributed by atoms with van der Waals surface area (Å²) in [5, 5.41) is 7.46. The maximum atomic E-state index is 12.4. The van der Waals surface area contributed by atoms with Gasteiger partial charge in [-0.05, 0) is 43.7 Å². The Bertz CT molecular complexity index is 676. The van der Waals surface area contributed by atoms with Crippen LogP contribution in [0.15, 0.2) is 36.5 Å². The number of ether oxygens (including phenoxy) is 1. The van der Waals surface area contributed by atoms with E-state index < -0.39 is 0 Å². The number of methoxy groups -OCH3 is 1. The van der Waals surface area contributed by atoms with E-state index in [0.29, 0.717) is 18.7 Å². The number of amides is 1. The van der Waals surface area contributed by atoms with Crippen LogP contribution in [0.5, 0.6) is 0 Å². The molecule has 1 saturated heterocycles. The van der Waals surface area contributed by atoms with Crippen LogP contribution < -0.4 is 10.6 Å². The van der Waals surface area contributed by atoms with E-state index >= 15 is 0 Å². The number of aromatic nitrogens is 1. The smallest absolute Gasteiger partial charge is 0.251 e. The Kier molecular flexibility index (Phi) is 7.90. The molecule has 132 valence electrons. The maximum Gasteiger partial charge on any atom is 0.251 e. The van der Waals surface area contributed by atoms with E-state index in [2.05, 4.69) is 15.6 Å². The largest absolute Gasteiger partial charge is 0.383 e. The molecule has 24 heavy (non-hydrogen) atoms. The molecule has 0 spiro atoms. The molecule has 0 radical (unpaired) electrons. The number of hydrogen-bond donors (Lipinski definition) is 2. The van der Waals surface area contributed by atoms with Gasteiger partial charge < -0.3 is 15.4 Å². The Morgan fingerprint density at radius 2 is 2.21 bits per heavy atom. The second-order valence-corrected chi connectivity index (χ2v) is 5.84. The summed E-state index contributed by atoms with van der Waals surface area (Å²) in [6.07, 6.45) is 3.88. The van der Waals surface area contributed by atoms with Crippen LogP contribution in [0.4, 0.5) is 0 Å². The average molecular weight is 372 g/mol. The number of carbonyl (C=O) groups excluding carboxylic acids is 1. The fraction of sp³-hybridized carbons (Fsp3) is 0.412. The van der Waals surface area contributed by atoms with Crippen molar-refractivity contribution in [1.82, 2.24) is 15.6 Å². The minimum atomic E-state index is -0.136. The van der Waals surface area contributed by atoms with Crippen molar-refractivity contribution in [3.8, 4) is 0 Å². The Labute approximate surface area is 154 Å². The Morgan fingerprint density at radius 3 is 2.92 bits per heavy atom. The van der Waals surface area contributed by atoms with E-state index in [1.807, 2.05) is 30.3 Å². The SMILES string of the molecule is COCC1(CNC(=O)c2ccc3ncccc3c2)CCCN1.Cl.Cl. The fourth-order valence-corrected chi connectivity index (χ4v) is 3.04. The predicted octanol–water partition coefficient (Wildman–Crippen LogP) is 2.58. The summed E-state index contributed by atoms with van der Waals surface area (Å²) in [6.45, 7) is 2.15. The third-order valence-electron chi connectivity index (χ3n) is 4.21. The molecule has 2 heterocycles. The second-order valence-electron chi connectivity index (χ2n) is 5.84. The van der Waals surface area contributed by atoms with Gasteiger partial charge in [-0.1, -0.05) is 6.07 Å². The lowest BCUT2D eigenvalue weighted by molar-refractivity contribution is 0.0892. The van der Waals surface area contributed by atoms with E-state index in [-0.39, 0.29) is 36.3 Å². The van der Waals surface area contributed by atoms with Crippen LogP contribution in [-0.2, 0) is 4.74 Å². The summed E-state index contributed by atoms with van der Waals surface area (Å²) < 4.78 is 5.30. The monoisotopic (exact) mass is 371 g/mol. The summed E-state index contributed by atoms with van der Waals surface area (Å²) in [6, 6.07) is 9.41. The molecule has 3 rings (SSSR count). The lowest BCUT2D eigenvalue weighted by atomic mass is 9.98. The molecule has 1 amide bonds. The number of rotatable bonds is 5. The van der Waals surface area contributed by atoms with Crippen molar-refractivity contribution < 1.29 is 9.53 Å². The van der Waals surface area contributed by atoms with E-state index in [1.165, 1.54) is 0 Å². The molecule has 1 atom stereocenters. The van der Waals surface area contributed by atoms with Crippen LogP contribution >= 0.6 is 24.8 Å². The number of nitrogens with one attached hydrogen (secondary N) is 2. The molecule has 2 N–H and O–H groups in total. The molecule has 1 aromatic carbocycles. The van der Waals surface area contributed by atoms with Gasteiger partial charge >= 0.3 is 0 Å². The molecule has 5 nitrogen and oxygen atoms in total. The fourth-order valence-electron chi connectivity index (χ4n) is 3.04. The molecule has 1 aliphatic rings. The first-order chi connectivity index (χ1) is 10.7. The number of fused-ring (bicyclic) bond motifs is 1. The molecule has 1 fully saturated rings. The zero-order chi connectivity index (χ0) is 15.4. The van der Waals surface area contributed by atoms with Crippen LogP contribution in [0, 0.1) is 0 Å². The minimum absolute atomic E-state index is 0. The summed E-state index contributed by atoms with van der Waals surface area (Å²) in [5.74, 6) is -0.0602. The van der Waals surface area contributed by atoms with Gasteiger partial charge in [0.15, 0.2) is 0 Å². The summed E-state index contributed by atoms with van der Waals surface area (Å²) in [7, 11) is 1.69. The van der Waals surface area contributed by atoms with Gasteiger partial charge in [0.05, 0.1) is 17.7 Å². The first-order valence-corrected chi connectivity index (χ1v) is 7.59. The molecular formula is C17H23Cl2N3O2. The van der Waals surface area contributed by atoms with Gasteiger partial charge in [-0.2, -0.15) is 0 Å². The van der Waals surface area contributed by atoms with Gasteiger partial charge in [0.25, 0.3) is 5.91 Å². The Morgan fingerprint density at radius 1 is 1.38 bits per heavy atom. The zero-order valence-electron chi connectivity index (χ0n) is 13.6. The molecule has 1 aliphatic heterocycles. The summed E-state index contributed by atoms with van der Waals surface area (Å²) in [5.41, 5.74) is 1.42. The van der Waals surface area contributed by atoms with Crippen LogP contribution in [0.25, 0.3) is 10.9 Å². The van der Waals surface area contributed by atoms with E-state index in [4.69, 9.17) is 4.74 Å². The first-order valence-electron chi connectivity index (χ1n) is 7.59. The number of pyridine rings is 1. The number of halogens is 2. The van der Waals surface area contributed by atoms with Crippen LogP contribution in [0.2, 0.25) is 0 Å². The molecule has 0 saturated carbocycles. The van der Waals surface area contributed by atoms with Crippen molar-refractivity contribution in [1.29, 1.82) is 0 Å². The van der Waals surface area contributed by atoms with Crippen LogP contribution in [0.3, 0.4) is 0 Å². The Hall–Kier alpha value is -1.40. The molecule has 2 aromatic rings. The highest BCUT2D eigenvalue weighted by atomic mass is 35.5. The number of carbonyl (C=O) groups is 1. The first kappa shape index (κ1) is 20.6. The third-order valence-corrected chi connectivity index (χ3v) is 4.21. The zero-order valence-corrected chi connectivity index (χ0v) is 15.2. The van der Waals surface area contributed by atoms with Crippen molar-refractivity contribution in [2.45, 2.75) is 18.4 Å². The van der Waals surface area contributed by atoms with E-state index in [0.717, 1.165) is 30.3 Å². The topological polar surface area (TPSA) is 63.2 Å². The lowest BCUT2D eigenvalue weighted by Crippen LogP contribution is -2.52. The standard InChI is InChI=1S/C17H21N3O2.2ClH/c1-22-12-17(7-3-9-20-17)11-19-16(21)14-5-6-15-13(10-14)4-2-8-18-15;;/h2,4-6,8,10,20H,3,7,9,11-12H2,1H3,(H,19,21);2*1H. The van der Waals surface area contributed by atoms with Gasteiger partial charge in [0.1, 0.15) is 0 Å². The van der Waals surface area contributed by atoms with Crippen molar-refractivity contribution in [2.24, 2.45) is 0 Å². The second kappa shape index (κ2) is 9.18. The average Bonchev–Trinajstić information content (AvgIpc) is 3.01. The molecule has 1 aromatic heterocycles. The van der Waals surface area contributed by atoms with E-state index in [9.17, 15) is 4.79 Å². The predicted molar refractivity (Wildman–Crippen MR) is 100 cm³/mol. The van der Waals surface area contributed by atoms with Gasteiger partial charge in [-0.15, -0.1) is 24.8 Å². The van der Waals surface area contributed by atoms with Crippen LogP contribution in [-0.4, -0.2) is 43.2 Å². The van der Waals surface area contributed by atoms with Crippen molar-refractivity contribution in [3.05, 3.63) is 42.1 Å². The van der Waals surface area contributed by atoms with Crippen molar-refractivity contribution >= 4 is 41.6 Å². The molecule has 1 unspecified atom stereocenters. The molecule has 0 aliphatic carbocycles. The summed E-state index contributed by atoms with van der Waals surface area (Å²) >= 11 is 0. The summed E-state index contributed by atoms with van der Waals surface area (Å²) in [4.78, 5) is 16.7. The van der Waals surface area contributed by atoms with Crippen LogP contribution in [0.1, 0.15) is 23.2 Å². The molecule has 7 heteroatoms. The third kappa shape index (κ3) is 4.57. The normalized spacial score (nSPS) is 19.4. The van der Waals surface area contributed by atoms with Crippen molar-refractivity contribution in [2.75, 3.05) is 26.8 Å². The van der Waals surface area contributed by atoms with Gasteiger partial charge in [0, 0.05) is 30.8 Å².